The second-order valence-electron chi connectivity index (χ2n) is 8.50. The van der Waals surface area contributed by atoms with Crippen LogP contribution in [0.2, 0.25) is 0 Å². The Morgan fingerprint density at radius 2 is 1.66 bits per heavy atom. The van der Waals surface area contributed by atoms with Crippen molar-refractivity contribution in [3.63, 3.8) is 0 Å². The molecule has 0 saturated carbocycles. The number of benzene rings is 2. The van der Waals surface area contributed by atoms with Gasteiger partial charge in [-0.3, -0.25) is 14.3 Å². The summed E-state index contributed by atoms with van der Waals surface area (Å²) in [7, 11) is 0. The molecule has 5 rings (SSSR count). The zero-order valence-corrected chi connectivity index (χ0v) is 18.1. The summed E-state index contributed by atoms with van der Waals surface area (Å²) >= 11 is 0. The van der Waals surface area contributed by atoms with Gasteiger partial charge in [0.25, 0.3) is 5.91 Å². The SMILES string of the molecule is O=C1c2c(O)c(=O)cnn2[C@@H]([C@@H](c2ccc(F)cc2)c2ccc(OC(F)(F)F)cc2)[C@H]2CCCN12. The van der Waals surface area contributed by atoms with E-state index in [2.05, 4.69) is 9.84 Å². The summed E-state index contributed by atoms with van der Waals surface area (Å²) in [5.74, 6) is -2.71. The molecule has 1 N–H and O–H groups in total. The quantitative estimate of drug-likeness (QED) is 0.561. The van der Waals surface area contributed by atoms with Crippen molar-refractivity contribution in [2.45, 2.75) is 37.2 Å². The summed E-state index contributed by atoms with van der Waals surface area (Å²) in [5, 5.41) is 14.6. The van der Waals surface area contributed by atoms with Crippen LogP contribution in [0.3, 0.4) is 0 Å². The molecule has 3 aromatic rings. The third-order valence-corrected chi connectivity index (χ3v) is 6.47. The van der Waals surface area contributed by atoms with Gasteiger partial charge in [0.2, 0.25) is 5.43 Å². The second-order valence-corrected chi connectivity index (χ2v) is 8.50. The highest BCUT2D eigenvalue weighted by Crippen LogP contribution is 2.46. The van der Waals surface area contributed by atoms with Crippen molar-refractivity contribution in [1.29, 1.82) is 0 Å². The van der Waals surface area contributed by atoms with Crippen molar-refractivity contribution in [1.82, 2.24) is 14.7 Å². The average molecular weight is 489 g/mol. The van der Waals surface area contributed by atoms with Gasteiger partial charge in [-0.25, -0.2) is 4.39 Å². The Hall–Kier alpha value is -3.89. The maximum absolute atomic E-state index is 13.7. The van der Waals surface area contributed by atoms with E-state index >= 15 is 0 Å². The first kappa shape index (κ1) is 22.9. The van der Waals surface area contributed by atoms with E-state index in [0.717, 1.165) is 6.20 Å². The topological polar surface area (TPSA) is 84.7 Å². The lowest BCUT2D eigenvalue weighted by Crippen LogP contribution is -2.50. The first-order chi connectivity index (χ1) is 16.6. The minimum atomic E-state index is -4.85. The summed E-state index contributed by atoms with van der Waals surface area (Å²) < 4.78 is 57.0. The summed E-state index contributed by atoms with van der Waals surface area (Å²) in [6.07, 6.45) is -2.64. The van der Waals surface area contributed by atoms with Crippen LogP contribution in [0.25, 0.3) is 0 Å². The van der Waals surface area contributed by atoms with E-state index in [9.17, 15) is 32.3 Å². The van der Waals surface area contributed by atoms with Crippen molar-refractivity contribution in [2.24, 2.45) is 0 Å². The Labute approximate surface area is 196 Å². The van der Waals surface area contributed by atoms with Crippen LogP contribution < -0.4 is 10.2 Å². The fraction of sp³-hybridized carbons (Fsp3) is 0.292. The lowest BCUT2D eigenvalue weighted by atomic mass is 9.80. The standard InChI is InChI=1S/C24H19F4N3O4/c25-15-7-3-13(4-8-15)19(14-5-9-16(10-6-14)35-24(26,27)28)20-17-2-1-11-30(17)23(34)21-22(33)18(32)12-29-31(20)21/h3-10,12,17,19-20,33H,1-2,11H2/t17-,19+,20-/m1/s1. The minimum absolute atomic E-state index is 0.246. The van der Waals surface area contributed by atoms with Crippen LogP contribution in [-0.2, 0) is 0 Å². The predicted octanol–water partition coefficient (Wildman–Crippen LogP) is 3.98. The van der Waals surface area contributed by atoms with Crippen molar-refractivity contribution < 1.29 is 32.2 Å². The molecular weight excluding hydrogens is 470 g/mol. The highest BCUT2D eigenvalue weighted by Gasteiger charge is 2.48. The molecule has 1 saturated heterocycles. The van der Waals surface area contributed by atoms with Gasteiger partial charge in [0, 0.05) is 12.5 Å². The smallest absolute Gasteiger partial charge is 0.502 e. The van der Waals surface area contributed by atoms with Gasteiger partial charge < -0.3 is 14.7 Å². The highest BCUT2D eigenvalue weighted by molar-refractivity contribution is 5.96. The van der Waals surface area contributed by atoms with Crippen molar-refractivity contribution >= 4 is 5.91 Å². The number of fused-ring (bicyclic) bond motifs is 2. The molecule has 2 aromatic carbocycles. The van der Waals surface area contributed by atoms with Gasteiger partial charge in [0.15, 0.2) is 11.4 Å². The molecule has 0 radical (unpaired) electrons. The van der Waals surface area contributed by atoms with E-state index in [1.807, 2.05) is 0 Å². The van der Waals surface area contributed by atoms with Gasteiger partial charge in [-0.1, -0.05) is 24.3 Å². The summed E-state index contributed by atoms with van der Waals surface area (Å²) in [5.41, 5.74) is 0.133. The summed E-state index contributed by atoms with van der Waals surface area (Å²) in [6, 6.07) is 9.92. The molecule has 2 aliphatic heterocycles. The maximum Gasteiger partial charge on any atom is 0.573 e. The third kappa shape index (κ3) is 4.11. The van der Waals surface area contributed by atoms with E-state index in [0.29, 0.717) is 30.5 Å². The average Bonchev–Trinajstić information content (AvgIpc) is 3.29. The fourth-order valence-electron chi connectivity index (χ4n) is 5.08. The Morgan fingerprint density at radius 1 is 1.03 bits per heavy atom. The molecule has 1 fully saturated rings. The first-order valence-electron chi connectivity index (χ1n) is 10.9. The number of ether oxygens (including phenoxy) is 1. The Balaban J connectivity index is 1.69. The van der Waals surface area contributed by atoms with Gasteiger partial charge >= 0.3 is 6.36 Å². The first-order valence-corrected chi connectivity index (χ1v) is 10.9. The molecule has 182 valence electrons. The van der Waals surface area contributed by atoms with Gasteiger partial charge in [0.1, 0.15) is 11.6 Å². The zero-order chi connectivity index (χ0) is 24.9. The largest absolute Gasteiger partial charge is 0.573 e. The molecular formula is C24H19F4N3O4. The molecule has 7 nitrogen and oxygen atoms in total. The number of rotatable bonds is 4. The van der Waals surface area contributed by atoms with E-state index in [-0.39, 0.29) is 11.7 Å². The molecule has 0 bridgehead atoms. The molecule has 3 heterocycles. The molecule has 1 amide bonds. The van der Waals surface area contributed by atoms with Crippen LogP contribution in [0.15, 0.2) is 59.5 Å². The number of carbonyl (C=O) groups excluding carboxylic acids is 1. The number of alkyl halides is 3. The number of nitrogens with zero attached hydrogens (tertiary/aromatic N) is 3. The molecule has 0 aliphatic carbocycles. The van der Waals surface area contributed by atoms with Gasteiger partial charge in [0.05, 0.1) is 18.3 Å². The van der Waals surface area contributed by atoms with E-state index in [4.69, 9.17) is 0 Å². The Kier molecular flexibility index (Phi) is 5.49. The van der Waals surface area contributed by atoms with Crippen LogP contribution in [-0.4, -0.2) is 44.6 Å². The van der Waals surface area contributed by atoms with Crippen LogP contribution in [0.5, 0.6) is 11.5 Å². The number of hydrogen-bond donors (Lipinski definition) is 1. The number of carbonyl (C=O) groups is 1. The molecule has 1 aromatic heterocycles. The van der Waals surface area contributed by atoms with Crippen molar-refractivity contribution in [3.05, 3.63) is 87.6 Å². The number of aromatic hydroxyl groups is 1. The predicted molar refractivity (Wildman–Crippen MR) is 115 cm³/mol. The molecule has 35 heavy (non-hydrogen) atoms. The van der Waals surface area contributed by atoms with Crippen molar-refractivity contribution in [2.75, 3.05) is 6.54 Å². The van der Waals surface area contributed by atoms with Gasteiger partial charge in [-0.05, 0) is 48.2 Å². The normalized spacial score (nSPS) is 20.3. The lowest BCUT2D eigenvalue weighted by molar-refractivity contribution is -0.274. The van der Waals surface area contributed by atoms with E-state index in [1.165, 1.54) is 41.1 Å². The van der Waals surface area contributed by atoms with Gasteiger partial charge in [-0.15, -0.1) is 13.2 Å². The summed E-state index contributed by atoms with van der Waals surface area (Å²) in [6.45, 7) is 0.414. The maximum atomic E-state index is 13.7. The van der Waals surface area contributed by atoms with Crippen LogP contribution in [0.1, 0.15) is 46.4 Å². The van der Waals surface area contributed by atoms with Gasteiger partial charge in [-0.2, -0.15) is 5.10 Å². The second kappa shape index (κ2) is 8.40. The number of hydrogen-bond acceptors (Lipinski definition) is 5. The van der Waals surface area contributed by atoms with Crippen LogP contribution >= 0.6 is 0 Å². The van der Waals surface area contributed by atoms with Crippen molar-refractivity contribution in [3.8, 4) is 11.5 Å². The monoisotopic (exact) mass is 489 g/mol. The van der Waals surface area contributed by atoms with E-state index in [1.54, 1.807) is 17.0 Å². The Bertz CT molecular complexity index is 1320. The number of amides is 1. The lowest BCUT2D eigenvalue weighted by Gasteiger charge is -2.42. The van der Waals surface area contributed by atoms with Crippen LogP contribution in [0.4, 0.5) is 17.6 Å². The van der Waals surface area contributed by atoms with E-state index < -0.39 is 47.0 Å². The van der Waals surface area contributed by atoms with Crippen LogP contribution in [0, 0.1) is 5.82 Å². The third-order valence-electron chi connectivity index (χ3n) is 6.47. The number of halogens is 4. The zero-order valence-electron chi connectivity index (χ0n) is 18.1. The highest BCUT2D eigenvalue weighted by atomic mass is 19.4. The Morgan fingerprint density at radius 3 is 2.29 bits per heavy atom. The molecule has 0 spiro atoms. The minimum Gasteiger partial charge on any atom is -0.502 e. The summed E-state index contributed by atoms with van der Waals surface area (Å²) in [4.78, 5) is 26.8. The molecule has 0 unspecified atom stereocenters. The fourth-order valence-corrected chi connectivity index (χ4v) is 5.08. The number of aromatic nitrogens is 2. The molecule has 11 heteroatoms. The molecule has 2 aliphatic rings. The molecule has 3 atom stereocenters.